The third-order valence-corrected chi connectivity index (χ3v) is 3.13. The number of nitrogens with zero attached hydrogens (tertiary/aromatic N) is 3. The molecule has 0 spiro atoms. The lowest BCUT2D eigenvalue weighted by Crippen LogP contribution is -2.14. The molecule has 1 amide bonds. The molecule has 0 atom stereocenters. The summed E-state index contributed by atoms with van der Waals surface area (Å²) in [5.74, 6) is 0.107. The molecule has 0 fully saturated rings. The van der Waals surface area contributed by atoms with E-state index in [4.69, 9.17) is 11.6 Å². The Balaban J connectivity index is 1.92. The Morgan fingerprint density at radius 3 is 2.68 bits per heavy atom. The van der Waals surface area contributed by atoms with Gasteiger partial charge in [0.05, 0.1) is 6.20 Å². The van der Waals surface area contributed by atoms with Crippen molar-refractivity contribution in [3.8, 4) is 11.4 Å². The van der Waals surface area contributed by atoms with Crippen LogP contribution in [0, 0.1) is 6.92 Å². The average Bonchev–Trinajstić information content (AvgIpc) is 3.00. The van der Waals surface area contributed by atoms with E-state index in [-0.39, 0.29) is 11.6 Å². The highest BCUT2D eigenvalue weighted by molar-refractivity contribution is 6.30. The van der Waals surface area contributed by atoms with Crippen LogP contribution >= 0.6 is 11.6 Å². The second-order valence-corrected chi connectivity index (χ2v) is 5.03. The zero-order chi connectivity index (χ0) is 15.5. The lowest BCUT2D eigenvalue weighted by molar-refractivity contribution is 0.102. The van der Waals surface area contributed by atoms with Crippen LogP contribution in [0.3, 0.4) is 0 Å². The molecule has 0 unspecified atom stereocenters. The number of benzene rings is 1. The maximum atomic E-state index is 12.2. The Morgan fingerprint density at radius 1 is 1.23 bits per heavy atom. The fourth-order valence-corrected chi connectivity index (χ4v) is 2.00. The predicted molar refractivity (Wildman–Crippen MR) is 81.7 cm³/mol. The average molecular weight is 315 g/mol. The Bertz CT molecular complexity index is 801. The SMILES string of the molecule is Cc1cc(C(=O)Nc2cnoc2)nc(-c2ccc(Cl)cc2)n1. The van der Waals surface area contributed by atoms with Crippen molar-refractivity contribution in [2.75, 3.05) is 5.32 Å². The molecule has 2 heterocycles. The van der Waals surface area contributed by atoms with Gasteiger partial charge in [-0.25, -0.2) is 9.97 Å². The molecule has 3 rings (SSSR count). The van der Waals surface area contributed by atoms with Gasteiger partial charge in [0.2, 0.25) is 0 Å². The molecule has 0 aliphatic heterocycles. The van der Waals surface area contributed by atoms with Gasteiger partial charge >= 0.3 is 0 Å². The van der Waals surface area contributed by atoms with E-state index in [1.54, 1.807) is 37.3 Å². The summed E-state index contributed by atoms with van der Waals surface area (Å²) >= 11 is 5.87. The molecule has 0 aliphatic carbocycles. The molecule has 3 aromatic rings. The van der Waals surface area contributed by atoms with Gasteiger partial charge < -0.3 is 9.84 Å². The first-order valence-corrected chi connectivity index (χ1v) is 6.82. The van der Waals surface area contributed by atoms with E-state index >= 15 is 0 Å². The molecule has 110 valence electrons. The molecule has 7 heteroatoms. The fraction of sp³-hybridized carbons (Fsp3) is 0.0667. The van der Waals surface area contributed by atoms with E-state index in [2.05, 4.69) is 25.0 Å². The Hall–Kier alpha value is -2.73. The number of aromatic nitrogens is 3. The van der Waals surface area contributed by atoms with Crippen molar-refractivity contribution < 1.29 is 9.32 Å². The van der Waals surface area contributed by atoms with Gasteiger partial charge in [0.25, 0.3) is 5.91 Å². The fourth-order valence-electron chi connectivity index (χ4n) is 1.87. The summed E-state index contributed by atoms with van der Waals surface area (Å²) in [6.07, 6.45) is 2.75. The summed E-state index contributed by atoms with van der Waals surface area (Å²) in [7, 11) is 0. The highest BCUT2D eigenvalue weighted by Crippen LogP contribution is 2.19. The van der Waals surface area contributed by atoms with Crippen molar-refractivity contribution in [1.82, 2.24) is 15.1 Å². The van der Waals surface area contributed by atoms with Crippen LogP contribution in [0.4, 0.5) is 5.69 Å². The maximum Gasteiger partial charge on any atom is 0.274 e. The molecule has 2 aromatic heterocycles. The Morgan fingerprint density at radius 2 is 2.00 bits per heavy atom. The van der Waals surface area contributed by atoms with Gasteiger partial charge in [0.1, 0.15) is 17.6 Å². The van der Waals surface area contributed by atoms with Crippen LogP contribution in [0.5, 0.6) is 0 Å². The number of carbonyl (C=O) groups is 1. The standard InChI is InChI=1S/C15H11ClN4O2/c1-9-6-13(15(21)19-12-7-17-22-8-12)20-14(18-9)10-2-4-11(16)5-3-10/h2-8H,1H3,(H,19,21). The lowest BCUT2D eigenvalue weighted by atomic mass is 10.2. The quantitative estimate of drug-likeness (QED) is 0.801. The van der Waals surface area contributed by atoms with Crippen molar-refractivity contribution >= 4 is 23.2 Å². The van der Waals surface area contributed by atoms with E-state index in [1.807, 2.05) is 0 Å². The summed E-state index contributed by atoms with van der Waals surface area (Å²) in [5.41, 5.74) is 2.20. The van der Waals surface area contributed by atoms with Crippen LogP contribution in [0.1, 0.15) is 16.2 Å². The lowest BCUT2D eigenvalue weighted by Gasteiger charge is -2.06. The second kappa shape index (κ2) is 5.95. The minimum Gasteiger partial charge on any atom is -0.363 e. The molecule has 1 aromatic carbocycles. The smallest absolute Gasteiger partial charge is 0.274 e. The zero-order valence-electron chi connectivity index (χ0n) is 11.6. The maximum absolute atomic E-state index is 12.2. The summed E-state index contributed by atoms with van der Waals surface area (Å²) < 4.78 is 4.67. The molecule has 1 N–H and O–H groups in total. The third kappa shape index (κ3) is 3.12. The van der Waals surface area contributed by atoms with Gasteiger partial charge in [0.15, 0.2) is 5.82 Å². The largest absolute Gasteiger partial charge is 0.363 e. The monoisotopic (exact) mass is 314 g/mol. The summed E-state index contributed by atoms with van der Waals surface area (Å²) in [6, 6.07) is 8.72. The van der Waals surface area contributed by atoms with Crippen molar-refractivity contribution in [3.05, 3.63) is 59.2 Å². The van der Waals surface area contributed by atoms with Crippen LogP contribution in [0.25, 0.3) is 11.4 Å². The second-order valence-electron chi connectivity index (χ2n) is 4.59. The molecule has 0 radical (unpaired) electrons. The minimum atomic E-state index is -0.357. The molecule has 0 saturated heterocycles. The van der Waals surface area contributed by atoms with Crippen molar-refractivity contribution in [2.24, 2.45) is 0 Å². The number of nitrogens with one attached hydrogen (secondary N) is 1. The number of carbonyl (C=O) groups excluding carboxylic acids is 1. The van der Waals surface area contributed by atoms with Crippen LogP contribution in [0.15, 0.2) is 47.3 Å². The Labute approximate surface area is 131 Å². The van der Waals surface area contributed by atoms with Crippen LogP contribution in [0.2, 0.25) is 5.02 Å². The molecule has 0 aliphatic rings. The molecule has 0 bridgehead atoms. The predicted octanol–water partition coefficient (Wildman–Crippen LogP) is 3.35. The molecular weight excluding hydrogens is 304 g/mol. The van der Waals surface area contributed by atoms with E-state index in [9.17, 15) is 4.79 Å². The van der Waals surface area contributed by atoms with E-state index in [0.29, 0.717) is 22.2 Å². The van der Waals surface area contributed by atoms with Gasteiger partial charge in [-0.3, -0.25) is 4.79 Å². The van der Waals surface area contributed by atoms with Crippen LogP contribution in [-0.2, 0) is 0 Å². The van der Waals surface area contributed by atoms with Crippen LogP contribution < -0.4 is 5.32 Å². The highest BCUT2D eigenvalue weighted by Gasteiger charge is 2.12. The van der Waals surface area contributed by atoms with Gasteiger partial charge in [-0.05, 0) is 37.3 Å². The first-order chi connectivity index (χ1) is 10.6. The third-order valence-electron chi connectivity index (χ3n) is 2.88. The molecule has 22 heavy (non-hydrogen) atoms. The van der Waals surface area contributed by atoms with Gasteiger partial charge in [-0.2, -0.15) is 0 Å². The van der Waals surface area contributed by atoms with Crippen LogP contribution in [-0.4, -0.2) is 21.0 Å². The zero-order valence-corrected chi connectivity index (χ0v) is 12.3. The summed E-state index contributed by atoms with van der Waals surface area (Å²) in [6.45, 7) is 1.80. The normalized spacial score (nSPS) is 10.5. The molecular formula is C15H11ClN4O2. The molecule has 6 nitrogen and oxygen atoms in total. The number of halogens is 1. The summed E-state index contributed by atoms with van der Waals surface area (Å²) in [5, 5.41) is 6.80. The van der Waals surface area contributed by atoms with Gasteiger partial charge in [0, 0.05) is 16.3 Å². The first kappa shape index (κ1) is 14.2. The van der Waals surface area contributed by atoms with Crippen molar-refractivity contribution in [1.29, 1.82) is 0 Å². The topological polar surface area (TPSA) is 80.9 Å². The Kier molecular flexibility index (Phi) is 3.84. The number of hydrogen-bond donors (Lipinski definition) is 1. The number of amides is 1. The first-order valence-electron chi connectivity index (χ1n) is 6.44. The van der Waals surface area contributed by atoms with E-state index in [1.165, 1.54) is 12.5 Å². The number of anilines is 1. The highest BCUT2D eigenvalue weighted by atomic mass is 35.5. The minimum absolute atomic E-state index is 0.263. The number of rotatable bonds is 3. The number of aryl methyl sites for hydroxylation is 1. The van der Waals surface area contributed by atoms with Gasteiger partial charge in [-0.15, -0.1) is 0 Å². The molecule has 0 saturated carbocycles. The number of hydrogen-bond acceptors (Lipinski definition) is 5. The van der Waals surface area contributed by atoms with E-state index < -0.39 is 0 Å². The van der Waals surface area contributed by atoms with E-state index in [0.717, 1.165) is 5.56 Å². The van der Waals surface area contributed by atoms with Crippen molar-refractivity contribution in [3.63, 3.8) is 0 Å². The van der Waals surface area contributed by atoms with Crippen molar-refractivity contribution in [2.45, 2.75) is 6.92 Å². The summed E-state index contributed by atoms with van der Waals surface area (Å²) in [4.78, 5) is 20.9. The van der Waals surface area contributed by atoms with Gasteiger partial charge in [-0.1, -0.05) is 16.8 Å².